The molecule has 4 nitrogen and oxygen atoms in total. The molecule has 0 atom stereocenters. The summed E-state index contributed by atoms with van der Waals surface area (Å²) in [6, 6.07) is 10.3. The molecule has 21 heavy (non-hydrogen) atoms. The third-order valence-electron chi connectivity index (χ3n) is 4.17. The second kappa shape index (κ2) is 8.02. The highest BCUT2D eigenvalue weighted by Gasteiger charge is 2.19. The van der Waals surface area contributed by atoms with Gasteiger partial charge in [-0.1, -0.05) is 12.1 Å². The molecule has 1 aromatic rings. The van der Waals surface area contributed by atoms with Crippen LogP contribution < -0.4 is 4.74 Å². The van der Waals surface area contributed by atoms with Crippen molar-refractivity contribution in [2.75, 3.05) is 40.3 Å². The topological polar surface area (TPSA) is 39.5 Å². The quantitative estimate of drug-likeness (QED) is 0.753. The van der Waals surface area contributed by atoms with E-state index in [1.54, 1.807) is 6.07 Å². The zero-order valence-electron chi connectivity index (χ0n) is 13.1. The number of hydrogen-bond donors (Lipinski definition) is 0. The lowest BCUT2D eigenvalue weighted by Gasteiger charge is -2.35. The lowest BCUT2D eigenvalue weighted by atomic mass is 10.0. The van der Waals surface area contributed by atoms with Gasteiger partial charge in [0.15, 0.2) is 0 Å². The molecule has 1 aromatic carbocycles. The molecule has 1 saturated heterocycles. The van der Waals surface area contributed by atoms with E-state index in [1.807, 2.05) is 18.2 Å². The Bertz CT molecular complexity index is 473. The zero-order valence-corrected chi connectivity index (χ0v) is 13.1. The van der Waals surface area contributed by atoms with Crippen molar-refractivity contribution in [3.63, 3.8) is 0 Å². The van der Waals surface area contributed by atoms with Crippen LogP contribution in [0, 0.1) is 11.3 Å². The van der Waals surface area contributed by atoms with E-state index >= 15 is 0 Å². The van der Waals surface area contributed by atoms with Crippen LogP contribution in [0.15, 0.2) is 24.3 Å². The summed E-state index contributed by atoms with van der Waals surface area (Å²) in [5, 5.41) is 9.01. The summed E-state index contributed by atoms with van der Waals surface area (Å²) in [5.41, 5.74) is 0.615. The monoisotopic (exact) mass is 287 g/mol. The minimum absolute atomic E-state index is 0.615. The average Bonchev–Trinajstić information content (AvgIpc) is 2.52. The Labute approximate surface area is 127 Å². The number of benzene rings is 1. The largest absolute Gasteiger partial charge is 0.492 e. The summed E-state index contributed by atoms with van der Waals surface area (Å²) in [6.07, 6.45) is 3.52. The van der Waals surface area contributed by atoms with Gasteiger partial charge in [0.1, 0.15) is 11.8 Å². The second-order valence-electron chi connectivity index (χ2n) is 5.85. The minimum atomic E-state index is 0.615. The Morgan fingerprint density at radius 3 is 2.67 bits per heavy atom. The molecule has 4 heteroatoms. The molecule has 0 amide bonds. The van der Waals surface area contributed by atoms with Gasteiger partial charge in [0.05, 0.1) is 12.2 Å². The van der Waals surface area contributed by atoms with E-state index in [0.717, 1.165) is 19.0 Å². The van der Waals surface area contributed by atoms with Gasteiger partial charge in [0.25, 0.3) is 0 Å². The normalized spacial score (nSPS) is 16.9. The summed E-state index contributed by atoms with van der Waals surface area (Å²) >= 11 is 0. The fraction of sp³-hybridized carbons (Fsp3) is 0.588. The highest BCUT2D eigenvalue weighted by Crippen LogP contribution is 2.17. The van der Waals surface area contributed by atoms with Gasteiger partial charge in [-0.3, -0.25) is 0 Å². The lowest BCUT2D eigenvalue weighted by Crippen LogP contribution is -2.42. The molecule has 1 heterocycles. The summed E-state index contributed by atoms with van der Waals surface area (Å²) in [7, 11) is 4.33. The first-order valence-electron chi connectivity index (χ1n) is 7.71. The number of nitrogens with zero attached hydrogens (tertiary/aromatic N) is 3. The number of hydrogen-bond acceptors (Lipinski definition) is 4. The van der Waals surface area contributed by atoms with Crippen molar-refractivity contribution in [3.05, 3.63) is 29.8 Å². The van der Waals surface area contributed by atoms with Crippen molar-refractivity contribution >= 4 is 0 Å². The molecule has 1 aliphatic heterocycles. The van der Waals surface area contributed by atoms with E-state index < -0.39 is 0 Å². The van der Waals surface area contributed by atoms with Crippen molar-refractivity contribution < 1.29 is 4.74 Å². The number of ether oxygens (including phenoxy) is 1. The molecule has 0 spiro atoms. The molecule has 0 unspecified atom stereocenters. The maximum absolute atomic E-state index is 9.01. The standard InChI is InChI=1S/C17H25N3O/c1-19(2)16-8-11-20(12-9-16)10-5-13-21-17-7-4-3-6-15(17)14-18/h3-4,6-7,16H,5,8-13H2,1-2H3. The van der Waals surface area contributed by atoms with Gasteiger partial charge >= 0.3 is 0 Å². The lowest BCUT2D eigenvalue weighted by molar-refractivity contribution is 0.138. The molecule has 0 aliphatic carbocycles. The highest BCUT2D eigenvalue weighted by molar-refractivity contribution is 5.42. The molecular weight excluding hydrogens is 262 g/mol. The molecule has 0 radical (unpaired) electrons. The van der Waals surface area contributed by atoms with Crippen molar-refractivity contribution in [2.45, 2.75) is 25.3 Å². The Hall–Kier alpha value is -1.57. The van der Waals surface area contributed by atoms with Crippen LogP contribution in [0.5, 0.6) is 5.75 Å². The van der Waals surface area contributed by atoms with E-state index in [1.165, 1.54) is 25.9 Å². The Kier molecular flexibility index (Phi) is 6.04. The van der Waals surface area contributed by atoms with Gasteiger partial charge in [0.2, 0.25) is 0 Å². The van der Waals surface area contributed by atoms with Gasteiger partial charge in [-0.15, -0.1) is 0 Å². The second-order valence-corrected chi connectivity index (χ2v) is 5.85. The van der Waals surface area contributed by atoms with Gasteiger partial charge in [-0.2, -0.15) is 5.26 Å². The molecule has 1 aliphatic rings. The minimum Gasteiger partial charge on any atom is -0.492 e. The van der Waals surface area contributed by atoms with Crippen LogP contribution in [-0.2, 0) is 0 Å². The highest BCUT2D eigenvalue weighted by atomic mass is 16.5. The fourth-order valence-corrected chi connectivity index (χ4v) is 2.81. The summed E-state index contributed by atoms with van der Waals surface area (Å²) in [5.74, 6) is 0.700. The summed E-state index contributed by atoms with van der Waals surface area (Å²) < 4.78 is 5.72. The maximum atomic E-state index is 9.01. The molecule has 0 saturated carbocycles. The van der Waals surface area contributed by atoms with E-state index in [2.05, 4.69) is 30.0 Å². The van der Waals surface area contributed by atoms with E-state index in [-0.39, 0.29) is 0 Å². The third kappa shape index (κ3) is 4.73. The molecule has 114 valence electrons. The van der Waals surface area contributed by atoms with Crippen LogP contribution in [0.4, 0.5) is 0 Å². The zero-order chi connectivity index (χ0) is 15.1. The van der Waals surface area contributed by atoms with Crippen LogP contribution >= 0.6 is 0 Å². The van der Waals surface area contributed by atoms with Crippen molar-refractivity contribution in [2.24, 2.45) is 0 Å². The van der Waals surface area contributed by atoms with Gasteiger partial charge in [0, 0.05) is 12.6 Å². The first-order chi connectivity index (χ1) is 10.2. The number of rotatable bonds is 6. The Balaban J connectivity index is 1.66. The summed E-state index contributed by atoms with van der Waals surface area (Å²) in [4.78, 5) is 4.85. The predicted octanol–water partition coefficient (Wildman–Crippen LogP) is 2.35. The molecule has 2 rings (SSSR count). The number of likely N-dealkylation sites (tertiary alicyclic amines) is 1. The van der Waals surface area contributed by atoms with E-state index in [9.17, 15) is 0 Å². The average molecular weight is 287 g/mol. The first-order valence-corrected chi connectivity index (χ1v) is 7.71. The smallest absolute Gasteiger partial charge is 0.137 e. The van der Waals surface area contributed by atoms with Crippen LogP contribution in [0.3, 0.4) is 0 Å². The predicted molar refractivity (Wildman–Crippen MR) is 84.4 cm³/mol. The van der Waals surface area contributed by atoms with Crippen LogP contribution in [0.25, 0.3) is 0 Å². The molecule has 0 N–H and O–H groups in total. The van der Waals surface area contributed by atoms with Crippen LogP contribution in [-0.4, -0.2) is 56.2 Å². The van der Waals surface area contributed by atoms with Crippen molar-refractivity contribution in [1.82, 2.24) is 9.80 Å². The van der Waals surface area contributed by atoms with E-state index in [4.69, 9.17) is 10.00 Å². The third-order valence-corrected chi connectivity index (χ3v) is 4.17. The van der Waals surface area contributed by atoms with Crippen molar-refractivity contribution in [1.29, 1.82) is 5.26 Å². The van der Waals surface area contributed by atoms with Crippen molar-refractivity contribution in [3.8, 4) is 11.8 Å². The van der Waals surface area contributed by atoms with Crippen LogP contribution in [0.2, 0.25) is 0 Å². The molecule has 0 bridgehead atoms. The van der Waals surface area contributed by atoms with Crippen LogP contribution in [0.1, 0.15) is 24.8 Å². The number of para-hydroxylation sites is 1. The first kappa shape index (κ1) is 15.8. The van der Waals surface area contributed by atoms with Gasteiger partial charge < -0.3 is 14.5 Å². The van der Waals surface area contributed by atoms with Gasteiger partial charge in [-0.25, -0.2) is 0 Å². The maximum Gasteiger partial charge on any atom is 0.137 e. The number of nitriles is 1. The SMILES string of the molecule is CN(C)C1CCN(CCCOc2ccccc2C#N)CC1. The summed E-state index contributed by atoms with van der Waals surface area (Å²) in [6.45, 7) is 4.11. The Morgan fingerprint density at radius 1 is 1.29 bits per heavy atom. The molecular formula is C17H25N3O. The van der Waals surface area contributed by atoms with E-state index in [0.29, 0.717) is 17.9 Å². The fourth-order valence-electron chi connectivity index (χ4n) is 2.81. The molecule has 1 fully saturated rings. The Morgan fingerprint density at radius 2 is 2.00 bits per heavy atom. The molecule has 0 aromatic heterocycles. The number of piperidine rings is 1. The van der Waals surface area contributed by atoms with Gasteiger partial charge in [-0.05, 0) is 58.6 Å².